The lowest BCUT2D eigenvalue weighted by Gasteiger charge is -2.19. The summed E-state index contributed by atoms with van der Waals surface area (Å²) in [4.78, 5) is 22.9. The molecule has 2 aromatic heterocycles. The number of benzene rings is 2. The van der Waals surface area contributed by atoms with E-state index < -0.39 is 21.5 Å². The predicted molar refractivity (Wildman–Crippen MR) is 128 cm³/mol. The van der Waals surface area contributed by atoms with Crippen LogP contribution in [-0.2, 0) is 26.9 Å². The number of carbonyl (C=O) groups excluding carboxylic acids is 1. The highest BCUT2D eigenvalue weighted by Gasteiger charge is 2.23. The zero-order chi connectivity index (χ0) is 24.1. The topological polar surface area (TPSA) is 80.2 Å². The quantitative estimate of drug-likeness (QED) is 0.326. The molecular formula is C24H21F2N3O3S2. The molecule has 176 valence electrons. The molecule has 0 aliphatic rings. The van der Waals surface area contributed by atoms with Gasteiger partial charge in [-0.2, -0.15) is 0 Å². The van der Waals surface area contributed by atoms with Crippen LogP contribution in [-0.4, -0.2) is 30.0 Å². The predicted octanol–water partition coefficient (Wildman–Crippen LogP) is 4.90. The fourth-order valence-corrected chi connectivity index (χ4v) is 5.91. The van der Waals surface area contributed by atoms with Gasteiger partial charge in [0.15, 0.2) is 20.8 Å². The summed E-state index contributed by atoms with van der Waals surface area (Å²) in [6, 6.07) is 16.0. The molecule has 0 unspecified atom stereocenters. The van der Waals surface area contributed by atoms with Gasteiger partial charge in [-0.1, -0.05) is 47.7 Å². The molecule has 0 aliphatic heterocycles. The summed E-state index contributed by atoms with van der Waals surface area (Å²) in [6.07, 6.45) is 1.66. The van der Waals surface area contributed by atoms with E-state index in [0.29, 0.717) is 11.3 Å². The van der Waals surface area contributed by atoms with Crippen LogP contribution >= 0.6 is 11.3 Å². The van der Waals surface area contributed by atoms with E-state index in [1.807, 2.05) is 6.07 Å². The molecule has 0 aliphatic carbocycles. The van der Waals surface area contributed by atoms with Gasteiger partial charge in [-0.15, -0.1) is 0 Å². The number of pyridine rings is 1. The van der Waals surface area contributed by atoms with E-state index in [-0.39, 0.29) is 52.1 Å². The van der Waals surface area contributed by atoms with Gasteiger partial charge in [-0.3, -0.25) is 14.7 Å². The Kier molecular flexibility index (Phi) is 7.28. The minimum Gasteiger partial charge on any atom is -0.282 e. The first-order valence-electron chi connectivity index (χ1n) is 10.5. The Morgan fingerprint density at radius 3 is 2.53 bits per heavy atom. The van der Waals surface area contributed by atoms with Crippen molar-refractivity contribution < 1.29 is 22.0 Å². The van der Waals surface area contributed by atoms with Gasteiger partial charge in [0.25, 0.3) is 0 Å². The summed E-state index contributed by atoms with van der Waals surface area (Å²) in [5.41, 5.74) is 1.25. The van der Waals surface area contributed by atoms with Crippen molar-refractivity contribution in [2.75, 3.05) is 10.7 Å². The largest absolute Gasteiger partial charge is 0.282 e. The van der Waals surface area contributed by atoms with E-state index in [9.17, 15) is 22.0 Å². The summed E-state index contributed by atoms with van der Waals surface area (Å²) in [5, 5.41) is 0.197. The van der Waals surface area contributed by atoms with Crippen molar-refractivity contribution in [3.05, 3.63) is 89.8 Å². The molecule has 1 amide bonds. The Labute approximate surface area is 199 Å². The molecule has 0 saturated heterocycles. The third-order valence-corrected chi connectivity index (χ3v) is 7.76. The van der Waals surface area contributed by atoms with Crippen LogP contribution in [0.3, 0.4) is 0 Å². The zero-order valence-electron chi connectivity index (χ0n) is 18.0. The Hall–Kier alpha value is -3.24. The van der Waals surface area contributed by atoms with Gasteiger partial charge < -0.3 is 0 Å². The first-order valence-corrected chi connectivity index (χ1v) is 13.1. The first-order chi connectivity index (χ1) is 16.3. The Morgan fingerprint density at radius 1 is 1.03 bits per heavy atom. The average Bonchev–Trinajstić information content (AvgIpc) is 3.22. The highest BCUT2D eigenvalue weighted by Crippen LogP contribution is 2.32. The molecule has 4 rings (SSSR count). The second kappa shape index (κ2) is 10.4. The molecule has 6 nitrogen and oxygen atoms in total. The maximum Gasteiger partial charge on any atom is 0.229 e. The van der Waals surface area contributed by atoms with E-state index in [4.69, 9.17) is 0 Å². The second-order valence-corrected chi connectivity index (χ2v) is 10.9. The third kappa shape index (κ3) is 6.00. The van der Waals surface area contributed by atoms with Crippen LogP contribution in [0.4, 0.5) is 13.9 Å². The number of rotatable bonds is 9. The van der Waals surface area contributed by atoms with Gasteiger partial charge in [-0.25, -0.2) is 22.2 Å². The molecule has 2 heterocycles. The van der Waals surface area contributed by atoms with Crippen LogP contribution in [0.25, 0.3) is 10.2 Å². The van der Waals surface area contributed by atoms with E-state index >= 15 is 0 Å². The molecule has 0 radical (unpaired) electrons. The molecule has 0 fully saturated rings. The number of amides is 1. The maximum atomic E-state index is 14.2. The molecule has 2 aromatic carbocycles. The number of carbonyl (C=O) groups is 1. The van der Waals surface area contributed by atoms with Crippen LogP contribution in [0.2, 0.25) is 0 Å². The van der Waals surface area contributed by atoms with Crippen molar-refractivity contribution in [3.8, 4) is 0 Å². The van der Waals surface area contributed by atoms with E-state index in [1.165, 1.54) is 11.0 Å². The number of sulfone groups is 1. The highest BCUT2D eigenvalue weighted by molar-refractivity contribution is 7.90. The lowest BCUT2D eigenvalue weighted by Crippen LogP contribution is -2.31. The number of thiazole rings is 1. The van der Waals surface area contributed by atoms with Crippen LogP contribution in [0.15, 0.2) is 66.9 Å². The van der Waals surface area contributed by atoms with Gasteiger partial charge in [0.2, 0.25) is 5.91 Å². The summed E-state index contributed by atoms with van der Waals surface area (Å²) < 4.78 is 53.1. The fraction of sp³-hybridized carbons (Fsp3) is 0.208. The maximum absolute atomic E-state index is 14.2. The van der Waals surface area contributed by atoms with Crippen LogP contribution < -0.4 is 4.90 Å². The SMILES string of the molecule is O=C(CCCS(=O)(=O)Cc1ccccc1)N(Cc1ccccn1)c1nc2c(F)cc(F)cc2s1. The second-order valence-electron chi connectivity index (χ2n) is 7.71. The van der Waals surface area contributed by atoms with Crippen molar-refractivity contribution in [1.29, 1.82) is 0 Å². The number of anilines is 1. The normalized spacial score (nSPS) is 11.6. The number of hydrogen-bond donors (Lipinski definition) is 0. The monoisotopic (exact) mass is 501 g/mol. The molecule has 10 heteroatoms. The van der Waals surface area contributed by atoms with Crippen LogP contribution in [0.5, 0.6) is 0 Å². The van der Waals surface area contributed by atoms with E-state index in [2.05, 4.69) is 9.97 Å². The molecule has 0 atom stereocenters. The number of aromatic nitrogens is 2. The molecular weight excluding hydrogens is 480 g/mol. The Balaban J connectivity index is 1.51. The van der Waals surface area contributed by atoms with Crippen molar-refractivity contribution in [3.63, 3.8) is 0 Å². The van der Waals surface area contributed by atoms with E-state index in [1.54, 1.807) is 48.7 Å². The molecule has 0 spiro atoms. The number of halogens is 2. The molecule has 0 N–H and O–H groups in total. The van der Waals surface area contributed by atoms with Crippen molar-refractivity contribution >= 4 is 42.4 Å². The number of nitrogens with zero attached hydrogens (tertiary/aromatic N) is 3. The Bertz CT molecular complexity index is 1400. The van der Waals surface area contributed by atoms with Crippen LogP contribution in [0.1, 0.15) is 24.1 Å². The van der Waals surface area contributed by atoms with E-state index in [0.717, 1.165) is 17.4 Å². The number of fused-ring (bicyclic) bond motifs is 1. The highest BCUT2D eigenvalue weighted by atomic mass is 32.2. The van der Waals surface area contributed by atoms with Crippen molar-refractivity contribution in [2.24, 2.45) is 0 Å². The molecule has 4 aromatic rings. The van der Waals surface area contributed by atoms with Gasteiger partial charge in [-0.05, 0) is 30.2 Å². The van der Waals surface area contributed by atoms with Gasteiger partial charge in [0, 0.05) is 18.7 Å². The minimum absolute atomic E-state index is 0.0225. The first kappa shape index (κ1) is 23.9. The summed E-state index contributed by atoms with van der Waals surface area (Å²) in [7, 11) is -3.40. The van der Waals surface area contributed by atoms with Crippen molar-refractivity contribution in [2.45, 2.75) is 25.1 Å². The molecule has 0 bridgehead atoms. The van der Waals surface area contributed by atoms with Gasteiger partial charge >= 0.3 is 0 Å². The average molecular weight is 502 g/mol. The minimum atomic E-state index is -3.40. The Morgan fingerprint density at radius 2 is 1.79 bits per heavy atom. The summed E-state index contributed by atoms with van der Waals surface area (Å²) in [6.45, 7) is 0.0698. The van der Waals surface area contributed by atoms with Crippen molar-refractivity contribution in [1.82, 2.24) is 9.97 Å². The lowest BCUT2D eigenvalue weighted by atomic mass is 10.2. The van der Waals surface area contributed by atoms with Gasteiger partial charge in [0.05, 0.1) is 28.4 Å². The standard InChI is InChI=1S/C24H21F2N3O3S2/c25-18-13-20(26)23-21(14-18)33-24(28-23)29(15-19-9-4-5-11-27-19)22(30)10-6-12-34(31,32)16-17-7-2-1-3-8-17/h1-5,7-9,11,13-14H,6,10,12,15-16H2. The zero-order valence-corrected chi connectivity index (χ0v) is 19.7. The third-order valence-electron chi connectivity index (χ3n) is 5.06. The molecule has 34 heavy (non-hydrogen) atoms. The summed E-state index contributed by atoms with van der Waals surface area (Å²) >= 11 is 0.990. The smallest absolute Gasteiger partial charge is 0.229 e. The number of hydrogen-bond acceptors (Lipinski definition) is 6. The lowest BCUT2D eigenvalue weighted by molar-refractivity contribution is -0.118. The van der Waals surface area contributed by atoms with Gasteiger partial charge in [0.1, 0.15) is 11.3 Å². The summed E-state index contributed by atoms with van der Waals surface area (Å²) in [5.74, 6) is -2.16. The molecule has 0 saturated carbocycles. The fourth-order valence-electron chi connectivity index (χ4n) is 3.46. The van der Waals surface area contributed by atoms with Crippen LogP contribution in [0, 0.1) is 11.6 Å².